The van der Waals surface area contributed by atoms with E-state index in [1.807, 2.05) is 43.3 Å². The van der Waals surface area contributed by atoms with E-state index in [0.29, 0.717) is 0 Å². The molecule has 2 atom stereocenters. The summed E-state index contributed by atoms with van der Waals surface area (Å²) in [4.78, 5) is 28.4. The van der Waals surface area contributed by atoms with Gasteiger partial charge in [-0.05, 0) is 25.3 Å². The Morgan fingerprint density at radius 3 is 2.58 bits per heavy atom. The van der Waals surface area contributed by atoms with E-state index < -0.39 is 0 Å². The highest BCUT2D eigenvalue weighted by Crippen LogP contribution is 2.35. The first-order valence-corrected chi connectivity index (χ1v) is 8.49. The molecule has 128 valence electrons. The second-order valence-corrected chi connectivity index (χ2v) is 6.43. The summed E-state index contributed by atoms with van der Waals surface area (Å²) in [6.07, 6.45) is 3.99. The van der Waals surface area contributed by atoms with Gasteiger partial charge in [0, 0.05) is 13.5 Å². The maximum atomic E-state index is 12.8. The normalized spacial score (nSPS) is 24.4. The van der Waals surface area contributed by atoms with Gasteiger partial charge in [-0.1, -0.05) is 42.0 Å². The number of carbonyl (C=O) groups is 2. The number of likely N-dealkylation sites (N-methyl/N-ethyl adjacent to an activating group) is 1. The van der Waals surface area contributed by atoms with Gasteiger partial charge < -0.3 is 9.64 Å². The van der Waals surface area contributed by atoms with Crippen LogP contribution in [0.5, 0.6) is 0 Å². The summed E-state index contributed by atoms with van der Waals surface area (Å²) in [5.74, 6) is -0.135. The van der Waals surface area contributed by atoms with E-state index in [-0.39, 0.29) is 30.4 Å². The molecular weight excluding hydrogens is 304 g/mol. The molecule has 0 spiro atoms. The zero-order chi connectivity index (χ0) is 17.1. The molecule has 2 fully saturated rings. The summed E-state index contributed by atoms with van der Waals surface area (Å²) in [7, 11) is 1.76. The van der Waals surface area contributed by atoms with Crippen molar-refractivity contribution in [3.63, 3.8) is 0 Å². The van der Waals surface area contributed by atoms with E-state index >= 15 is 0 Å². The Labute approximate surface area is 142 Å². The van der Waals surface area contributed by atoms with Gasteiger partial charge in [0.15, 0.2) is 0 Å². The van der Waals surface area contributed by atoms with Crippen molar-refractivity contribution in [3.8, 4) is 0 Å². The number of imide groups is 1. The summed E-state index contributed by atoms with van der Waals surface area (Å²) in [5, 5.41) is 0. The third kappa shape index (κ3) is 3.22. The summed E-state index contributed by atoms with van der Waals surface area (Å²) in [5.41, 5.74) is 2.24. The third-order valence-electron chi connectivity index (χ3n) is 4.96. The topological polar surface area (TPSA) is 49.9 Å². The summed E-state index contributed by atoms with van der Waals surface area (Å²) < 4.78 is 5.33. The molecule has 0 aromatic heterocycles. The highest BCUT2D eigenvalue weighted by atomic mass is 16.5. The van der Waals surface area contributed by atoms with Crippen LogP contribution >= 0.6 is 0 Å². The van der Waals surface area contributed by atoms with Gasteiger partial charge in [-0.15, -0.1) is 0 Å². The van der Waals surface area contributed by atoms with E-state index in [2.05, 4.69) is 0 Å². The highest BCUT2D eigenvalue weighted by Gasteiger charge is 2.45. The number of urea groups is 1. The zero-order valence-corrected chi connectivity index (χ0v) is 14.3. The van der Waals surface area contributed by atoms with Crippen molar-refractivity contribution in [1.29, 1.82) is 0 Å². The molecule has 0 radical (unpaired) electrons. The van der Waals surface area contributed by atoms with Gasteiger partial charge in [0.05, 0.1) is 25.3 Å². The number of ether oxygens (including phenoxy) is 1. The highest BCUT2D eigenvalue weighted by molar-refractivity contribution is 5.97. The molecule has 5 heteroatoms. The molecule has 1 aromatic rings. The Balaban J connectivity index is 1.80. The van der Waals surface area contributed by atoms with E-state index in [9.17, 15) is 9.59 Å². The number of benzene rings is 1. The molecule has 2 saturated heterocycles. The molecule has 3 amide bonds. The van der Waals surface area contributed by atoms with Crippen molar-refractivity contribution in [3.05, 3.63) is 47.5 Å². The van der Waals surface area contributed by atoms with Crippen LogP contribution < -0.4 is 0 Å². The standard InChI is InChI=1S/C19H24N2O3/c1-14-18(16-6-4-3-5-7-16)21(19(23)20(14)2)17(22)9-8-15-10-12-24-13-11-15/h3-8,14,18H,9-13H2,1-2H3/t14-,18-/m0/s1. The minimum Gasteiger partial charge on any atom is -0.381 e. The van der Waals surface area contributed by atoms with Crippen LogP contribution in [0.4, 0.5) is 4.79 Å². The summed E-state index contributed by atoms with van der Waals surface area (Å²) >= 11 is 0. The van der Waals surface area contributed by atoms with Crippen molar-refractivity contribution >= 4 is 11.9 Å². The van der Waals surface area contributed by atoms with Crippen LogP contribution in [0.25, 0.3) is 0 Å². The lowest BCUT2D eigenvalue weighted by Crippen LogP contribution is -2.36. The fourth-order valence-electron chi connectivity index (χ4n) is 3.40. The van der Waals surface area contributed by atoms with Crippen molar-refractivity contribution in [2.45, 2.75) is 38.3 Å². The fraction of sp³-hybridized carbons (Fsp3) is 0.474. The molecule has 0 aliphatic carbocycles. The van der Waals surface area contributed by atoms with Gasteiger partial charge in [-0.25, -0.2) is 4.79 Å². The smallest absolute Gasteiger partial charge is 0.327 e. The molecule has 1 aromatic carbocycles. The van der Waals surface area contributed by atoms with Crippen molar-refractivity contribution in [2.75, 3.05) is 20.3 Å². The summed E-state index contributed by atoms with van der Waals surface area (Å²) in [6, 6.07) is 9.29. The lowest BCUT2D eigenvalue weighted by atomic mass is 10.00. The molecule has 5 nitrogen and oxygen atoms in total. The van der Waals surface area contributed by atoms with E-state index in [0.717, 1.165) is 31.6 Å². The largest absolute Gasteiger partial charge is 0.381 e. The minimum absolute atomic E-state index is 0.0421. The zero-order valence-electron chi connectivity index (χ0n) is 14.3. The van der Waals surface area contributed by atoms with Crippen LogP contribution in [-0.4, -0.2) is 48.0 Å². The molecule has 0 unspecified atom stereocenters. The van der Waals surface area contributed by atoms with Crippen LogP contribution in [0.2, 0.25) is 0 Å². The second kappa shape index (κ2) is 7.18. The minimum atomic E-state index is -0.232. The van der Waals surface area contributed by atoms with Crippen LogP contribution in [0.3, 0.4) is 0 Å². The third-order valence-corrected chi connectivity index (χ3v) is 4.96. The molecule has 24 heavy (non-hydrogen) atoms. The fourth-order valence-corrected chi connectivity index (χ4v) is 3.40. The molecule has 2 aliphatic heterocycles. The Morgan fingerprint density at radius 2 is 1.92 bits per heavy atom. The van der Waals surface area contributed by atoms with Crippen LogP contribution in [0.1, 0.15) is 37.8 Å². The maximum absolute atomic E-state index is 12.8. The van der Waals surface area contributed by atoms with Gasteiger partial charge in [0.25, 0.3) is 0 Å². The van der Waals surface area contributed by atoms with Gasteiger partial charge >= 0.3 is 6.03 Å². The SMILES string of the molecule is C[C@H]1[C@@H](c2ccccc2)N(C(=O)CC=C2CCOCC2)C(=O)N1C. The van der Waals surface area contributed by atoms with E-state index in [1.165, 1.54) is 10.5 Å². The van der Waals surface area contributed by atoms with Crippen molar-refractivity contribution < 1.29 is 14.3 Å². The lowest BCUT2D eigenvalue weighted by molar-refractivity contribution is -0.128. The lowest BCUT2D eigenvalue weighted by Gasteiger charge is -2.24. The summed E-state index contributed by atoms with van der Waals surface area (Å²) in [6.45, 7) is 3.42. The number of nitrogens with zero attached hydrogens (tertiary/aromatic N) is 2. The number of amides is 3. The monoisotopic (exact) mass is 328 g/mol. The first-order chi connectivity index (χ1) is 11.6. The Bertz CT molecular complexity index is 633. The molecular formula is C19H24N2O3. The van der Waals surface area contributed by atoms with E-state index in [4.69, 9.17) is 4.74 Å². The van der Waals surface area contributed by atoms with Crippen LogP contribution in [0, 0.1) is 0 Å². The number of rotatable bonds is 3. The number of hydrogen-bond donors (Lipinski definition) is 0. The molecule has 0 N–H and O–H groups in total. The average molecular weight is 328 g/mol. The second-order valence-electron chi connectivity index (χ2n) is 6.43. The predicted octanol–water partition coefficient (Wildman–Crippen LogP) is 3.14. The predicted molar refractivity (Wildman–Crippen MR) is 91.4 cm³/mol. The van der Waals surface area contributed by atoms with Gasteiger partial charge in [0.2, 0.25) is 5.91 Å². The quantitative estimate of drug-likeness (QED) is 0.801. The maximum Gasteiger partial charge on any atom is 0.327 e. The average Bonchev–Trinajstić information content (AvgIpc) is 2.85. The molecule has 0 bridgehead atoms. The molecule has 0 saturated carbocycles. The van der Waals surface area contributed by atoms with Gasteiger partial charge in [-0.2, -0.15) is 0 Å². The number of carbonyl (C=O) groups excluding carboxylic acids is 2. The Morgan fingerprint density at radius 1 is 1.25 bits per heavy atom. The Kier molecular flexibility index (Phi) is 5.00. The molecule has 3 rings (SSSR count). The van der Waals surface area contributed by atoms with E-state index in [1.54, 1.807) is 11.9 Å². The van der Waals surface area contributed by atoms with Crippen LogP contribution in [0.15, 0.2) is 42.0 Å². The molecule has 2 heterocycles. The number of hydrogen-bond acceptors (Lipinski definition) is 3. The first-order valence-electron chi connectivity index (χ1n) is 8.49. The van der Waals surface area contributed by atoms with Gasteiger partial charge in [0.1, 0.15) is 0 Å². The first kappa shape index (κ1) is 16.7. The van der Waals surface area contributed by atoms with Crippen molar-refractivity contribution in [2.24, 2.45) is 0 Å². The van der Waals surface area contributed by atoms with Crippen molar-refractivity contribution in [1.82, 2.24) is 9.80 Å². The Hall–Kier alpha value is -2.14. The van der Waals surface area contributed by atoms with Gasteiger partial charge in [-0.3, -0.25) is 9.69 Å². The van der Waals surface area contributed by atoms with Crippen LogP contribution in [-0.2, 0) is 9.53 Å². The molecule has 2 aliphatic rings.